The van der Waals surface area contributed by atoms with E-state index in [-0.39, 0.29) is 11.8 Å². The van der Waals surface area contributed by atoms with Crippen LogP contribution in [0.15, 0.2) is 52.9 Å². The Bertz CT molecular complexity index is 1270. The molecule has 0 spiro atoms. The fourth-order valence-corrected chi connectivity index (χ4v) is 3.49. The Hall–Kier alpha value is -4.06. The standard InChI is InChI=1S/C22H19F2N7O3/c23-18(24)21-27-26-20(34-21)16-3-1-14(2-4-16)13-31-28-19(25-29-31)15-5-7-17(8-6-15)22(32)30-9-11-33-12-10-30/h1-8,18H,9-13H2. The molecular weight excluding hydrogens is 448 g/mol. The van der Waals surface area contributed by atoms with Crippen molar-refractivity contribution >= 4 is 5.91 Å². The average molecular weight is 467 g/mol. The molecule has 2 aromatic carbocycles. The molecular formula is C22H19F2N7O3. The van der Waals surface area contributed by atoms with Crippen LogP contribution < -0.4 is 0 Å². The Morgan fingerprint density at radius 2 is 1.65 bits per heavy atom. The molecule has 1 fully saturated rings. The minimum atomic E-state index is -2.81. The van der Waals surface area contributed by atoms with Crippen LogP contribution in [0.2, 0.25) is 0 Å². The summed E-state index contributed by atoms with van der Waals surface area (Å²) in [6.45, 7) is 2.63. The van der Waals surface area contributed by atoms with E-state index >= 15 is 0 Å². The Labute approximate surface area is 192 Å². The highest BCUT2D eigenvalue weighted by atomic mass is 19.3. The van der Waals surface area contributed by atoms with Crippen molar-refractivity contribution in [3.63, 3.8) is 0 Å². The van der Waals surface area contributed by atoms with Crippen LogP contribution in [0.3, 0.4) is 0 Å². The van der Waals surface area contributed by atoms with E-state index in [0.29, 0.717) is 49.8 Å². The Morgan fingerprint density at radius 3 is 2.32 bits per heavy atom. The first kappa shape index (κ1) is 21.8. The molecule has 0 radical (unpaired) electrons. The topological polar surface area (TPSA) is 112 Å². The zero-order chi connectivity index (χ0) is 23.5. The summed E-state index contributed by atoms with van der Waals surface area (Å²) in [7, 11) is 0. The largest absolute Gasteiger partial charge is 0.415 e. The molecule has 34 heavy (non-hydrogen) atoms. The number of hydrogen-bond acceptors (Lipinski definition) is 8. The molecule has 3 heterocycles. The maximum absolute atomic E-state index is 12.6. The summed E-state index contributed by atoms with van der Waals surface area (Å²) in [4.78, 5) is 15.8. The summed E-state index contributed by atoms with van der Waals surface area (Å²) in [5.41, 5.74) is 2.74. The number of benzene rings is 2. The number of nitrogens with zero attached hydrogens (tertiary/aromatic N) is 7. The summed E-state index contributed by atoms with van der Waals surface area (Å²) in [6.07, 6.45) is -2.81. The number of rotatable bonds is 6. The molecule has 0 unspecified atom stereocenters. The monoisotopic (exact) mass is 467 g/mol. The van der Waals surface area contributed by atoms with Crippen LogP contribution in [0.5, 0.6) is 0 Å². The van der Waals surface area contributed by atoms with Gasteiger partial charge in [0, 0.05) is 29.8 Å². The fraction of sp³-hybridized carbons (Fsp3) is 0.273. The SMILES string of the molecule is O=C(c1ccc(-c2nnn(Cc3ccc(-c4nnc(C(F)F)o4)cc3)n2)cc1)N1CCOCC1. The van der Waals surface area contributed by atoms with Gasteiger partial charge in [0.05, 0.1) is 19.8 Å². The molecule has 1 aliphatic heterocycles. The summed E-state index contributed by atoms with van der Waals surface area (Å²) >= 11 is 0. The predicted octanol–water partition coefficient (Wildman–Crippen LogP) is 2.85. The van der Waals surface area contributed by atoms with E-state index in [2.05, 4.69) is 25.6 Å². The van der Waals surface area contributed by atoms with Gasteiger partial charge in [-0.2, -0.15) is 13.6 Å². The van der Waals surface area contributed by atoms with Gasteiger partial charge in [-0.15, -0.1) is 20.4 Å². The Balaban J connectivity index is 1.23. The molecule has 0 atom stereocenters. The van der Waals surface area contributed by atoms with Gasteiger partial charge in [-0.25, -0.2) is 0 Å². The summed E-state index contributed by atoms with van der Waals surface area (Å²) in [5.74, 6) is -0.274. The van der Waals surface area contributed by atoms with Gasteiger partial charge in [-0.05, 0) is 35.0 Å². The number of carbonyl (C=O) groups is 1. The first-order chi connectivity index (χ1) is 16.6. The lowest BCUT2D eigenvalue weighted by Gasteiger charge is -2.26. The van der Waals surface area contributed by atoms with Crippen molar-refractivity contribution in [3.8, 4) is 22.8 Å². The number of ether oxygens (including phenoxy) is 1. The number of hydrogen-bond donors (Lipinski definition) is 0. The molecule has 0 aliphatic carbocycles. The van der Waals surface area contributed by atoms with E-state index < -0.39 is 12.3 Å². The highest BCUT2D eigenvalue weighted by molar-refractivity contribution is 5.94. The van der Waals surface area contributed by atoms with E-state index in [1.807, 2.05) is 0 Å². The van der Waals surface area contributed by atoms with E-state index in [1.165, 1.54) is 4.80 Å². The number of tetrazole rings is 1. The summed E-state index contributed by atoms with van der Waals surface area (Å²) in [5, 5.41) is 19.5. The fourth-order valence-electron chi connectivity index (χ4n) is 3.49. The number of halogens is 2. The molecule has 0 bridgehead atoms. The van der Waals surface area contributed by atoms with Gasteiger partial charge in [0.15, 0.2) is 0 Å². The van der Waals surface area contributed by atoms with Crippen LogP contribution in [0.25, 0.3) is 22.8 Å². The first-order valence-electron chi connectivity index (χ1n) is 10.5. The van der Waals surface area contributed by atoms with Crippen molar-refractivity contribution in [3.05, 3.63) is 65.5 Å². The van der Waals surface area contributed by atoms with Crippen LogP contribution in [-0.2, 0) is 11.3 Å². The highest BCUT2D eigenvalue weighted by Crippen LogP contribution is 2.23. The number of amides is 1. The summed E-state index contributed by atoms with van der Waals surface area (Å²) < 4.78 is 35.5. The lowest BCUT2D eigenvalue weighted by atomic mass is 10.1. The van der Waals surface area contributed by atoms with Crippen LogP contribution >= 0.6 is 0 Å². The molecule has 1 saturated heterocycles. The lowest BCUT2D eigenvalue weighted by Crippen LogP contribution is -2.40. The highest BCUT2D eigenvalue weighted by Gasteiger charge is 2.19. The third kappa shape index (κ3) is 4.66. The zero-order valence-corrected chi connectivity index (χ0v) is 17.8. The van der Waals surface area contributed by atoms with Crippen molar-refractivity contribution in [2.45, 2.75) is 13.0 Å². The molecule has 10 nitrogen and oxygen atoms in total. The second kappa shape index (κ2) is 9.43. The molecule has 5 rings (SSSR count). The second-order valence-corrected chi connectivity index (χ2v) is 7.57. The Kier molecular flexibility index (Phi) is 6.04. The molecule has 4 aromatic rings. The van der Waals surface area contributed by atoms with Gasteiger partial charge in [0.2, 0.25) is 11.7 Å². The first-order valence-corrected chi connectivity index (χ1v) is 10.5. The zero-order valence-electron chi connectivity index (χ0n) is 17.8. The van der Waals surface area contributed by atoms with Crippen molar-refractivity contribution in [2.75, 3.05) is 26.3 Å². The van der Waals surface area contributed by atoms with Gasteiger partial charge in [0.25, 0.3) is 11.8 Å². The van der Waals surface area contributed by atoms with E-state index in [0.717, 1.165) is 11.1 Å². The molecule has 0 N–H and O–H groups in total. The normalized spacial score (nSPS) is 14.0. The van der Waals surface area contributed by atoms with E-state index in [9.17, 15) is 13.6 Å². The van der Waals surface area contributed by atoms with Crippen molar-refractivity contribution in [2.24, 2.45) is 0 Å². The van der Waals surface area contributed by atoms with E-state index in [4.69, 9.17) is 9.15 Å². The maximum Gasteiger partial charge on any atom is 0.314 e. The third-order valence-corrected chi connectivity index (χ3v) is 5.29. The van der Waals surface area contributed by atoms with Gasteiger partial charge < -0.3 is 14.1 Å². The summed E-state index contributed by atoms with van der Waals surface area (Å²) in [6, 6.07) is 14.1. The van der Waals surface area contributed by atoms with Gasteiger partial charge >= 0.3 is 6.43 Å². The minimum Gasteiger partial charge on any atom is -0.415 e. The quantitative estimate of drug-likeness (QED) is 0.426. The number of alkyl halides is 2. The second-order valence-electron chi connectivity index (χ2n) is 7.57. The van der Waals surface area contributed by atoms with Crippen LogP contribution in [0.1, 0.15) is 28.2 Å². The van der Waals surface area contributed by atoms with Crippen molar-refractivity contribution in [1.29, 1.82) is 0 Å². The molecule has 0 saturated carbocycles. The lowest BCUT2D eigenvalue weighted by molar-refractivity contribution is 0.0303. The van der Waals surface area contributed by atoms with Gasteiger partial charge in [0.1, 0.15) is 0 Å². The minimum absolute atomic E-state index is 0.0264. The van der Waals surface area contributed by atoms with Gasteiger partial charge in [-0.3, -0.25) is 4.79 Å². The van der Waals surface area contributed by atoms with Crippen LogP contribution in [-0.4, -0.2) is 67.5 Å². The maximum atomic E-state index is 12.6. The van der Waals surface area contributed by atoms with Gasteiger partial charge in [-0.1, -0.05) is 24.3 Å². The smallest absolute Gasteiger partial charge is 0.314 e. The number of aromatic nitrogens is 6. The average Bonchev–Trinajstić information content (AvgIpc) is 3.55. The molecule has 174 valence electrons. The van der Waals surface area contributed by atoms with Crippen LogP contribution in [0, 0.1) is 0 Å². The third-order valence-electron chi connectivity index (χ3n) is 5.29. The molecule has 2 aromatic heterocycles. The molecule has 12 heteroatoms. The van der Waals surface area contributed by atoms with Crippen molar-refractivity contribution < 1.29 is 22.7 Å². The molecule has 1 aliphatic rings. The Morgan fingerprint density at radius 1 is 0.941 bits per heavy atom. The number of morpholine rings is 1. The molecule has 1 amide bonds. The van der Waals surface area contributed by atoms with E-state index in [1.54, 1.807) is 53.4 Å². The number of carbonyl (C=O) groups excluding carboxylic acids is 1. The van der Waals surface area contributed by atoms with Crippen molar-refractivity contribution in [1.82, 2.24) is 35.3 Å². The predicted molar refractivity (Wildman–Crippen MR) is 114 cm³/mol. The van der Waals surface area contributed by atoms with Crippen LogP contribution in [0.4, 0.5) is 8.78 Å².